The predicted molar refractivity (Wildman–Crippen MR) is 116 cm³/mol. The molecule has 0 radical (unpaired) electrons. The van der Waals surface area contributed by atoms with Crippen LogP contribution in [0.4, 0.5) is 5.69 Å². The number of ether oxygens (including phenoxy) is 3. The molecule has 9 heteroatoms. The number of benzene rings is 3. The lowest BCUT2D eigenvalue weighted by molar-refractivity contribution is -0.384. The molecule has 0 saturated carbocycles. The quantitative estimate of drug-likeness (QED) is 0.330. The van der Waals surface area contributed by atoms with Crippen LogP contribution in [0.2, 0.25) is 0 Å². The summed E-state index contributed by atoms with van der Waals surface area (Å²) < 4.78 is 16.2. The van der Waals surface area contributed by atoms with Crippen molar-refractivity contribution in [1.82, 2.24) is 5.43 Å². The predicted octanol–water partition coefficient (Wildman–Crippen LogP) is 3.60. The fourth-order valence-corrected chi connectivity index (χ4v) is 2.99. The average Bonchev–Trinajstić information content (AvgIpc) is 3.27. The first-order valence-electron chi connectivity index (χ1n) is 9.73. The zero-order valence-corrected chi connectivity index (χ0v) is 16.9. The number of hydrogen-bond acceptors (Lipinski definition) is 7. The number of nitrogens with zero attached hydrogens (tertiary/aromatic N) is 2. The average molecular weight is 433 g/mol. The van der Waals surface area contributed by atoms with Gasteiger partial charge in [-0.3, -0.25) is 14.9 Å². The molecule has 0 atom stereocenters. The summed E-state index contributed by atoms with van der Waals surface area (Å²) in [7, 11) is 0. The van der Waals surface area contributed by atoms with Crippen molar-refractivity contribution in [2.45, 2.75) is 13.0 Å². The Morgan fingerprint density at radius 2 is 1.75 bits per heavy atom. The highest BCUT2D eigenvalue weighted by atomic mass is 16.7. The molecule has 1 aliphatic rings. The largest absolute Gasteiger partial charge is 0.489 e. The van der Waals surface area contributed by atoms with E-state index in [9.17, 15) is 14.9 Å². The minimum atomic E-state index is -0.440. The molecule has 0 fully saturated rings. The Kier molecular flexibility index (Phi) is 6.26. The fourth-order valence-electron chi connectivity index (χ4n) is 2.99. The van der Waals surface area contributed by atoms with Crippen molar-refractivity contribution in [1.29, 1.82) is 0 Å². The van der Waals surface area contributed by atoms with Crippen LogP contribution < -0.4 is 19.6 Å². The molecule has 1 amide bonds. The first-order valence-corrected chi connectivity index (χ1v) is 9.73. The lowest BCUT2D eigenvalue weighted by Crippen LogP contribution is -2.19. The van der Waals surface area contributed by atoms with Gasteiger partial charge in [0.05, 0.1) is 17.6 Å². The van der Waals surface area contributed by atoms with Crippen LogP contribution in [0, 0.1) is 10.1 Å². The zero-order chi connectivity index (χ0) is 22.3. The molecule has 0 aromatic heterocycles. The van der Waals surface area contributed by atoms with Crippen molar-refractivity contribution in [3.05, 3.63) is 93.5 Å². The van der Waals surface area contributed by atoms with E-state index in [1.54, 1.807) is 48.5 Å². The molecular weight excluding hydrogens is 414 g/mol. The minimum absolute atomic E-state index is 0.0420. The second kappa shape index (κ2) is 9.61. The van der Waals surface area contributed by atoms with Gasteiger partial charge in [0.15, 0.2) is 11.5 Å². The van der Waals surface area contributed by atoms with Crippen molar-refractivity contribution >= 4 is 17.8 Å². The molecule has 1 N–H and O–H groups in total. The Labute approximate surface area is 183 Å². The second-order valence-corrected chi connectivity index (χ2v) is 6.94. The van der Waals surface area contributed by atoms with Gasteiger partial charge in [-0.15, -0.1) is 0 Å². The molecule has 9 nitrogen and oxygen atoms in total. The van der Waals surface area contributed by atoms with Gasteiger partial charge in [-0.1, -0.05) is 6.07 Å². The zero-order valence-electron chi connectivity index (χ0n) is 16.9. The van der Waals surface area contributed by atoms with E-state index in [1.165, 1.54) is 18.3 Å². The third-order valence-electron chi connectivity index (χ3n) is 4.64. The monoisotopic (exact) mass is 433 g/mol. The van der Waals surface area contributed by atoms with Crippen LogP contribution in [-0.4, -0.2) is 23.8 Å². The van der Waals surface area contributed by atoms with E-state index < -0.39 is 4.92 Å². The lowest BCUT2D eigenvalue weighted by Gasteiger charge is -2.06. The molecule has 0 spiro atoms. The number of fused-ring (bicyclic) bond motifs is 1. The van der Waals surface area contributed by atoms with Crippen molar-refractivity contribution in [3.8, 4) is 17.2 Å². The number of rotatable bonds is 8. The van der Waals surface area contributed by atoms with E-state index in [1.807, 2.05) is 6.07 Å². The van der Waals surface area contributed by atoms with Crippen LogP contribution in [0.3, 0.4) is 0 Å². The first kappa shape index (κ1) is 20.9. The fraction of sp³-hybridized carbons (Fsp3) is 0.130. The first-order chi connectivity index (χ1) is 15.6. The topological polar surface area (TPSA) is 112 Å². The van der Waals surface area contributed by atoms with Gasteiger partial charge in [0.1, 0.15) is 12.4 Å². The van der Waals surface area contributed by atoms with Gasteiger partial charge in [0.25, 0.3) is 5.69 Å². The van der Waals surface area contributed by atoms with Gasteiger partial charge in [0, 0.05) is 12.1 Å². The molecule has 0 bridgehead atoms. The van der Waals surface area contributed by atoms with E-state index in [0.29, 0.717) is 23.9 Å². The van der Waals surface area contributed by atoms with Crippen LogP contribution in [0.15, 0.2) is 71.8 Å². The maximum atomic E-state index is 12.1. The normalized spacial score (nSPS) is 12.0. The Hall–Kier alpha value is -4.40. The highest BCUT2D eigenvalue weighted by molar-refractivity contribution is 5.83. The third kappa shape index (κ3) is 5.39. The van der Waals surface area contributed by atoms with Crippen molar-refractivity contribution in [2.24, 2.45) is 5.10 Å². The van der Waals surface area contributed by atoms with Gasteiger partial charge < -0.3 is 14.2 Å². The van der Waals surface area contributed by atoms with Crippen LogP contribution in [0.5, 0.6) is 17.2 Å². The smallest absolute Gasteiger partial charge is 0.269 e. The molecule has 3 aromatic carbocycles. The number of nitrogens with one attached hydrogen (secondary N) is 1. The van der Waals surface area contributed by atoms with Gasteiger partial charge in [-0.25, -0.2) is 5.43 Å². The Bertz CT molecular complexity index is 1140. The van der Waals surface area contributed by atoms with Gasteiger partial charge in [0.2, 0.25) is 12.7 Å². The van der Waals surface area contributed by atoms with E-state index in [2.05, 4.69) is 10.5 Å². The van der Waals surface area contributed by atoms with E-state index >= 15 is 0 Å². The summed E-state index contributed by atoms with van der Waals surface area (Å²) in [6.07, 6.45) is 1.71. The van der Waals surface area contributed by atoms with Gasteiger partial charge in [-0.2, -0.15) is 5.10 Å². The number of nitro groups is 1. The third-order valence-corrected chi connectivity index (χ3v) is 4.64. The number of non-ortho nitro benzene ring substituents is 1. The van der Waals surface area contributed by atoms with Crippen LogP contribution >= 0.6 is 0 Å². The van der Waals surface area contributed by atoms with Crippen molar-refractivity contribution in [3.63, 3.8) is 0 Å². The maximum Gasteiger partial charge on any atom is 0.269 e. The SMILES string of the molecule is O=C(Cc1ccc2c(c1)OCO2)N/N=C/c1ccc(OCc2ccc([N+](=O)[O-])cc2)cc1. The minimum Gasteiger partial charge on any atom is -0.489 e. The lowest BCUT2D eigenvalue weighted by atomic mass is 10.1. The number of hydrazone groups is 1. The molecule has 4 rings (SSSR count). The van der Waals surface area contributed by atoms with Gasteiger partial charge >= 0.3 is 0 Å². The van der Waals surface area contributed by atoms with E-state index in [0.717, 1.165) is 16.7 Å². The molecule has 0 aliphatic carbocycles. The highest BCUT2D eigenvalue weighted by Crippen LogP contribution is 2.32. The van der Waals surface area contributed by atoms with Crippen LogP contribution in [0.25, 0.3) is 0 Å². The second-order valence-electron chi connectivity index (χ2n) is 6.94. The molecular formula is C23H19N3O6. The highest BCUT2D eigenvalue weighted by Gasteiger charge is 2.14. The summed E-state index contributed by atoms with van der Waals surface area (Å²) in [6.45, 7) is 0.484. The molecule has 1 aliphatic heterocycles. The standard InChI is InChI=1S/C23H19N3O6/c27-23(12-18-5-10-21-22(11-18)32-15-31-21)25-24-13-16-3-8-20(9-4-16)30-14-17-1-6-19(7-2-17)26(28)29/h1-11,13H,12,14-15H2,(H,25,27)/b24-13+. The number of hydrogen-bond donors (Lipinski definition) is 1. The van der Waals surface area contributed by atoms with Gasteiger partial charge in [-0.05, 0) is 65.2 Å². The number of nitro benzene ring substituents is 1. The van der Waals surface area contributed by atoms with Crippen molar-refractivity contribution < 1.29 is 23.9 Å². The summed E-state index contributed by atoms with van der Waals surface area (Å²) in [5, 5.41) is 14.7. The van der Waals surface area contributed by atoms with E-state index in [-0.39, 0.29) is 24.8 Å². The molecule has 0 unspecified atom stereocenters. The molecule has 0 saturated heterocycles. The molecule has 32 heavy (non-hydrogen) atoms. The molecule has 1 heterocycles. The maximum absolute atomic E-state index is 12.1. The van der Waals surface area contributed by atoms with Crippen LogP contribution in [-0.2, 0) is 17.8 Å². The summed E-state index contributed by atoms with van der Waals surface area (Å²) in [5.74, 6) is 1.71. The summed E-state index contributed by atoms with van der Waals surface area (Å²) in [4.78, 5) is 22.3. The van der Waals surface area contributed by atoms with Crippen molar-refractivity contribution in [2.75, 3.05) is 6.79 Å². The van der Waals surface area contributed by atoms with E-state index in [4.69, 9.17) is 14.2 Å². The molecule has 3 aromatic rings. The number of carbonyl (C=O) groups is 1. The number of carbonyl (C=O) groups excluding carboxylic acids is 1. The Morgan fingerprint density at radius 1 is 1.03 bits per heavy atom. The van der Waals surface area contributed by atoms with Crippen LogP contribution in [0.1, 0.15) is 16.7 Å². The number of amides is 1. The Balaban J connectivity index is 1.24. The Morgan fingerprint density at radius 3 is 2.50 bits per heavy atom. The molecule has 162 valence electrons. The summed E-state index contributed by atoms with van der Waals surface area (Å²) in [6, 6.07) is 18.7. The summed E-state index contributed by atoms with van der Waals surface area (Å²) >= 11 is 0. The summed E-state index contributed by atoms with van der Waals surface area (Å²) in [5.41, 5.74) is 4.96.